The number of piperidine rings is 1. The Balaban J connectivity index is 1.60. The van der Waals surface area contributed by atoms with Gasteiger partial charge in [-0.2, -0.15) is 0 Å². The van der Waals surface area contributed by atoms with E-state index < -0.39 is 0 Å². The second-order valence-electron chi connectivity index (χ2n) is 5.61. The molecule has 0 amide bonds. The number of aromatic nitrogens is 1. The van der Waals surface area contributed by atoms with Crippen LogP contribution in [0.4, 0.5) is 0 Å². The van der Waals surface area contributed by atoms with Gasteiger partial charge < -0.3 is 10.6 Å². The summed E-state index contributed by atoms with van der Waals surface area (Å²) in [5.41, 5.74) is 2.75. The van der Waals surface area contributed by atoms with Gasteiger partial charge in [-0.05, 0) is 69.3 Å². The molecule has 0 saturated carbocycles. The fourth-order valence-electron chi connectivity index (χ4n) is 3.22. The molecular weight excluding hydrogens is 222 g/mol. The Morgan fingerprint density at radius 3 is 3.22 bits per heavy atom. The van der Waals surface area contributed by atoms with Crippen LogP contribution in [-0.4, -0.2) is 24.6 Å². The Bertz CT molecular complexity index is 385. The Morgan fingerprint density at radius 2 is 2.33 bits per heavy atom. The zero-order valence-electron chi connectivity index (χ0n) is 11.0. The maximum atomic E-state index is 4.59. The smallest absolute Gasteiger partial charge is 0.0605 e. The molecule has 2 N–H and O–H groups in total. The van der Waals surface area contributed by atoms with Gasteiger partial charge in [0.1, 0.15) is 0 Å². The summed E-state index contributed by atoms with van der Waals surface area (Å²) in [6, 6.07) is 4.78. The number of fused-ring (bicyclic) bond motifs is 1. The summed E-state index contributed by atoms with van der Waals surface area (Å²) < 4.78 is 0. The summed E-state index contributed by atoms with van der Waals surface area (Å²) in [5.74, 6) is 0.799. The van der Waals surface area contributed by atoms with E-state index in [2.05, 4.69) is 27.8 Å². The predicted molar refractivity (Wildman–Crippen MR) is 73.5 cm³/mol. The van der Waals surface area contributed by atoms with Crippen molar-refractivity contribution in [2.24, 2.45) is 5.92 Å². The van der Waals surface area contributed by atoms with Crippen molar-refractivity contribution in [2.75, 3.05) is 19.6 Å². The highest BCUT2D eigenvalue weighted by atomic mass is 15.0. The molecule has 3 nitrogen and oxygen atoms in total. The van der Waals surface area contributed by atoms with Gasteiger partial charge in [-0.25, -0.2) is 0 Å². The molecule has 1 saturated heterocycles. The zero-order chi connectivity index (χ0) is 12.2. The molecule has 1 aromatic heterocycles. The molecule has 1 fully saturated rings. The quantitative estimate of drug-likeness (QED) is 0.856. The number of hydrogen-bond donors (Lipinski definition) is 2. The van der Waals surface area contributed by atoms with Crippen molar-refractivity contribution in [3.63, 3.8) is 0 Å². The summed E-state index contributed by atoms with van der Waals surface area (Å²) in [7, 11) is 0. The van der Waals surface area contributed by atoms with E-state index in [-0.39, 0.29) is 0 Å². The third kappa shape index (κ3) is 2.73. The van der Waals surface area contributed by atoms with Crippen molar-refractivity contribution in [2.45, 2.75) is 38.1 Å². The van der Waals surface area contributed by atoms with E-state index >= 15 is 0 Å². The highest BCUT2D eigenvalue weighted by molar-refractivity contribution is 5.25. The average molecular weight is 245 g/mol. The minimum Gasteiger partial charge on any atom is -0.316 e. The minimum atomic E-state index is 0.483. The standard InChI is InChI=1S/C15H23N3/c1-5-13-6-3-9-17-15(13)14(7-1)18-11-12-4-2-8-16-10-12/h3,6,9,12,14,16,18H,1-2,4-5,7-8,10-11H2. The average Bonchev–Trinajstić information content (AvgIpc) is 2.46. The van der Waals surface area contributed by atoms with Crippen LogP contribution in [0.25, 0.3) is 0 Å². The molecule has 98 valence electrons. The first-order valence-electron chi connectivity index (χ1n) is 7.31. The molecule has 2 unspecified atom stereocenters. The molecule has 1 aliphatic carbocycles. The highest BCUT2D eigenvalue weighted by Gasteiger charge is 2.22. The van der Waals surface area contributed by atoms with Crippen LogP contribution in [0.2, 0.25) is 0 Å². The van der Waals surface area contributed by atoms with Gasteiger partial charge in [0.25, 0.3) is 0 Å². The predicted octanol–water partition coefficient (Wildman–Crippen LogP) is 2.05. The summed E-state index contributed by atoms with van der Waals surface area (Å²) in [4.78, 5) is 4.59. The Hall–Kier alpha value is -0.930. The van der Waals surface area contributed by atoms with Crippen LogP contribution >= 0.6 is 0 Å². The van der Waals surface area contributed by atoms with E-state index in [4.69, 9.17) is 0 Å². The van der Waals surface area contributed by atoms with Gasteiger partial charge in [-0.1, -0.05) is 6.07 Å². The fraction of sp³-hybridized carbons (Fsp3) is 0.667. The van der Waals surface area contributed by atoms with Crippen LogP contribution in [0.5, 0.6) is 0 Å². The van der Waals surface area contributed by atoms with Crippen LogP contribution in [-0.2, 0) is 6.42 Å². The number of nitrogens with one attached hydrogen (secondary N) is 2. The monoisotopic (exact) mass is 245 g/mol. The maximum Gasteiger partial charge on any atom is 0.0605 e. The van der Waals surface area contributed by atoms with Gasteiger partial charge in [0, 0.05) is 12.2 Å². The molecule has 1 aromatic rings. The molecule has 1 aliphatic heterocycles. The fourth-order valence-corrected chi connectivity index (χ4v) is 3.22. The molecule has 2 heterocycles. The van der Waals surface area contributed by atoms with Crippen molar-refractivity contribution < 1.29 is 0 Å². The third-order valence-electron chi connectivity index (χ3n) is 4.25. The first-order valence-corrected chi connectivity index (χ1v) is 7.31. The Morgan fingerprint density at radius 1 is 1.33 bits per heavy atom. The molecule has 0 spiro atoms. The molecule has 3 rings (SSSR count). The number of aryl methyl sites for hydroxylation is 1. The van der Waals surface area contributed by atoms with Gasteiger partial charge in [0.05, 0.1) is 5.69 Å². The summed E-state index contributed by atoms with van der Waals surface area (Å²) >= 11 is 0. The molecule has 2 atom stereocenters. The van der Waals surface area contributed by atoms with E-state index in [1.165, 1.54) is 56.5 Å². The van der Waals surface area contributed by atoms with Gasteiger partial charge in [-0.3, -0.25) is 4.98 Å². The molecule has 18 heavy (non-hydrogen) atoms. The second kappa shape index (κ2) is 5.81. The van der Waals surface area contributed by atoms with Gasteiger partial charge in [-0.15, -0.1) is 0 Å². The van der Waals surface area contributed by atoms with E-state index in [1.807, 2.05) is 6.20 Å². The van der Waals surface area contributed by atoms with Crippen molar-refractivity contribution in [3.05, 3.63) is 29.6 Å². The van der Waals surface area contributed by atoms with E-state index in [0.29, 0.717) is 6.04 Å². The van der Waals surface area contributed by atoms with E-state index in [0.717, 1.165) is 12.5 Å². The van der Waals surface area contributed by atoms with Crippen LogP contribution in [0.15, 0.2) is 18.3 Å². The lowest BCUT2D eigenvalue weighted by Crippen LogP contribution is -2.38. The number of nitrogens with zero attached hydrogens (tertiary/aromatic N) is 1. The minimum absolute atomic E-state index is 0.483. The van der Waals surface area contributed by atoms with E-state index in [1.54, 1.807) is 0 Å². The van der Waals surface area contributed by atoms with Crippen LogP contribution in [0, 0.1) is 5.92 Å². The first kappa shape index (κ1) is 12.1. The number of rotatable bonds is 3. The molecule has 3 heteroatoms. The number of hydrogen-bond acceptors (Lipinski definition) is 3. The van der Waals surface area contributed by atoms with Crippen molar-refractivity contribution in [3.8, 4) is 0 Å². The normalized spacial score (nSPS) is 27.8. The van der Waals surface area contributed by atoms with Gasteiger partial charge >= 0.3 is 0 Å². The summed E-state index contributed by atoms with van der Waals surface area (Å²) in [6.45, 7) is 3.51. The largest absolute Gasteiger partial charge is 0.316 e. The molecule has 2 aliphatic rings. The first-order chi connectivity index (χ1) is 8.93. The molecule has 0 aromatic carbocycles. The lowest BCUT2D eigenvalue weighted by molar-refractivity contribution is 0.331. The Kier molecular flexibility index (Phi) is 3.91. The van der Waals surface area contributed by atoms with E-state index in [9.17, 15) is 0 Å². The van der Waals surface area contributed by atoms with Gasteiger partial charge in [0.2, 0.25) is 0 Å². The zero-order valence-corrected chi connectivity index (χ0v) is 11.0. The van der Waals surface area contributed by atoms with Crippen LogP contribution in [0.1, 0.15) is 43.0 Å². The lowest BCUT2D eigenvalue weighted by Gasteiger charge is -2.29. The molecule has 0 radical (unpaired) electrons. The lowest BCUT2D eigenvalue weighted by atomic mass is 9.91. The number of pyridine rings is 1. The molecular formula is C15H23N3. The summed E-state index contributed by atoms with van der Waals surface area (Å²) in [6.07, 6.45) is 8.35. The van der Waals surface area contributed by atoms with Crippen molar-refractivity contribution in [1.29, 1.82) is 0 Å². The van der Waals surface area contributed by atoms with Crippen LogP contribution < -0.4 is 10.6 Å². The topological polar surface area (TPSA) is 37.0 Å². The SMILES string of the molecule is c1cnc2c(c1)CCCC2NCC1CCCNC1. The van der Waals surface area contributed by atoms with Crippen LogP contribution in [0.3, 0.4) is 0 Å². The second-order valence-corrected chi connectivity index (χ2v) is 5.61. The molecule has 0 bridgehead atoms. The van der Waals surface area contributed by atoms with Gasteiger partial charge in [0.15, 0.2) is 0 Å². The maximum absolute atomic E-state index is 4.59. The summed E-state index contributed by atoms with van der Waals surface area (Å²) in [5, 5.41) is 7.23. The third-order valence-corrected chi connectivity index (χ3v) is 4.25. The van der Waals surface area contributed by atoms with Crippen molar-refractivity contribution in [1.82, 2.24) is 15.6 Å². The Labute approximate surface area is 109 Å². The highest BCUT2D eigenvalue weighted by Crippen LogP contribution is 2.27. The van der Waals surface area contributed by atoms with Crippen molar-refractivity contribution >= 4 is 0 Å².